The summed E-state index contributed by atoms with van der Waals surface area (Å²) in [5.74, 6) is -1.17. The first-order chi connectivity index (χ1) is 28.3. The summed E-state index contributed by atoms with van der Waals surface area (Å²) in [7, 11) is -19.6. The van der Waals surface area contributed by atoms with E-state index in [2.05, 4.69) is 30.3 Å². The molecule has 8 unspecified atom stereocenters. The third-order valence-electron chi connectivity index (χ3n) is 11.1. The topological polar surface area (TPSA) is 345 Å². The van der Waals surface area contributed by atoms with E-state index >= 15 is 0 Å². The Balaban J connectivity index is 1.48. The maximum absolute atomic E-state index is 13.5. The Morgan fingerprint density at radius 2 is 1.43 bits per heavy atom. The minimum atomic E-state index is -4.69. The molecule has 3 fully saturated rings. The molecule has 0 aromatic carbocycles. The first-order valence-corrected chi connectivity index (χ1v) is 27.7. The Morgan fingerprint density at radius 3 is 1.90 bits per heavy atom. The Morgan fingerprint density at radius 1 is 0.885 bits per heavy atom. The summed E-state index contributed by atoms with van der Waals surface area (Å²) in [5.41, 5.74) is 0.0358. The number of amides is 1. The summed E-state index contributed by atoms with van der Waals surface area (Å²) < 4.78 is 148. The van der Waals surface area contributed by atoms with Crippen LogP contribution in [0.4, 0.5) is 5.82 Å². The molecule has 3 saturated carbocycles. The van der Waals surface area contributed by atoms with Crippen LogP contribution in [-0.4, -0.2) is 152 Å². The summed E-state index contributed by atoms with van der Waals surface area (Å²) >= 11 is 13.7. The number of carbonyl (C=O) groups is 1. The standard InChI is InChI=1S/C32H52Cl2N8O14S5/c1-20(43)37-30-14-23(41(8-2-4-10-58(45,46)47)9-3-5-11-59(48,49)50)6-7-29(30)38-39-32-21(18-35)19-36-42(32)31-27(33)15-24(16-28(31)34)57(44)40-22-12-25(60(51,52)53)17-26(13-22)61(54,55)56/h19,22-31,40H,2-17H2,1H3,(H,37,43)(H,45,46,47)(H,48,49,50)(H,51,52,53)(H,54,55,56). The molecule has 0 aliphatic heterocycles. The highest BCUT2D eigenvalue weighted by Gasteiger charge is 2.45. The number of nitrogens with zero attached hydrogens (tertiary/aromatic N) is 6. The number of hydrogen-bond donors (Lipinski definition) is 6. The van der Waals surface area contributed by atoms with Gasteiger partial charge in [0, 0.05) is 19.0 Å². The molecule has 1 amide bonds. The lowest BCUT2D eigenvalue weighted by Crippen LogP contribution is -2.51. The molecule has 0 radical (unpaired) electrons. The van der Waals surface area contributed by atoms with E-state index in [0.717, 1.165) is 0 Å². The van der Waals surface area contributed by atoms with Crippen LogP contribution in [0.1, 0.15) is 95.6 Å². The Hall–Kier alpha value is -1.94. The number of aromatic nitrogens is 2. The Bertz CT molecular complexity index is 2150. The summed E-state index contributed by atoms with van der Waals surface area (Å²) in [6.45, 7) is 2.15. The molecule has 0 spiro atoms. The lowest BCUT2D eigenvalue weighted by Gasteiger charge is -2.40. The Kier molecular flexibility index (Phi) is 18.5. The molecule has 1 heterocycles. The van der Waals surface area contributed by atoms with Crippen LogP contribution in [0.25, 0.3) is 0 Å². The Labute approximate surface area is 368 Å². The molecule has 348 valence electrons. The van der Waals surface area contributed by atoms with E-state index in [4.69, 9.17) is 32.3 Å². The van der Waals surface area contributed by atoms with E-state index in [1.165, 1.54) is 17.8 Å². The number of halogens is 2. The maximum Gasteiger partial charge on any atom is 0.267 e. The van der Waals surface area contributed by atoms with Crippen LogP contribution in [0.5, 0.6) is 0 Å². The third-order valence-corrected chi connectivity index (χ3v) is 17.6. The zero-order valence-electron chi connectivity index (χ0n) is 33.0. The summed E-state index contributed by atoms with van der Waals surface area (Å²) in [4.78, 5) is 14.4. The van der Waals surface area contributed by atoms with Gasteiger partial charge in [0.05, 0.1) is 73.3 Å². The van der Waals surface area contributed by atoms with Gasteiger partial charge in [-0.05, 0) is 90.1 Å². The van der Waals surface area contributed by atoms with Crippen molar-refractivity contribution in [2.24, 2.45) is 10.2 Å². The van der Waals surface area contributed by atoms with Crippen molar-refractivity contribution in [1.29, 1.82) is 5.26 Å². The zero-order valence-corrected chi connectivity index (χ0v) is 38.6. The number of rotatable bonds is 20. The van der Waals surface area contributed by atoms with Crippen molar-refractivity contribution in [3.63, 3.8) is 0 Å². The van der Waals surface area contributed by atoms with Crippen LogP contribution in [0.2, 0.25) is 0 Å². The van der Waals surface area contributed by atoms with Crippen LogP contribution in [0, 0.1) is 11.3 Å². The lowest BCUT2D eigenvalue weighted by atomic mass is 9.86. The number of nitriles is 1. The lowest BCUT2D eigenvalue weighted by molar-refractivity contribution is -0.120. The second-order valence-electron chi connectivity index (χ2n) is 15.7. The SMILES string of the molecule is CC(=O)NC1CC(N(CCCCS(=O)(=O)O)CCCCS(=O)(=O)O)CCC1N=Nc1c(C#N)cnn1C1C(Cl)CC(S(=O)NC2CC(S(=O)(=O)O)CC(S(=O)(=O)O)C2)CC1Cl. The molecule has 6 N–H and O–H groups in total. The average Bonchev–Trinajstić information content (AvgIpc) is 3.53. The molecule has 1 aromatic heterocycles. The molecule has 29 heteroatoms. The normalized spacial score (nSPS) is 30.0. The van der Waals surface area contributed by atoms with Crippen molar-refractivity contribution in [2.45, 2.75) is 141 Å². The number of hydrogen-bond acceptors (Lipinski definition) is 15. The van der Waals surface area contributed by atoms with Gasteiger partial charge in [0.2, 0.25) is 5.91 Å². The van der Waals surface area contributed by atoms with E-state index < -0.39 is 120 Å². The fourth-order valence-electron chi connectivity index (χ4n) is 8.22. The van der Waals surface area contributed by atoms with Gasteiger partial charge in [0.15, 0.2) is 5.82 Å². The maximum atomic E-state index is 13.5. The monoisotopic (exact) mass is 1000 g/mol. The van der Waals surface area contributed by atoms with Gasteiger partial charge >= 0.3 is 0 Å². The molecule has 61 heavy (non-hydrogen) atoms. The van der Waals surface area contributed by atoms with Gasteiger partial charge in [-0.3, -0.25) is 23.0 Å². The van der Waals surface area contributed by atoms with Crippen LogP contribution < -0.4 is 10.0 Å². The highest BCUT2D eigenvalue weighted by molar-refractivity contribution is 7.87. The number of azo groups is 1. The molecule has 3 aliphatic carbocycles. The molecule has 0 saturated heterocycles. The number of alkyl halides is 2. The minimum absolute atomic E-state index is 0.0270. The molecule has 22 nitrogen and oxygen atoms in total. The van der Waals surface area contributed by atoms with Gasteiger partial charge in [-0.25, -0.2) is 13.6 Å². The van der Waals surface area contributed by atoms with E-state index in [-0.39, 0.29) is 61.9 Å². The van der Waals surface area contributed by atoms with E-state index in [0.29, 0.717) is 45.2 Å². The largest absolute Gasteiger partial charge is 0.351 e. The van der Waals surface area contributed by atoms with Crippen LogP contribution in [-0.2, 0) is 56.3 Å². The summed E-state index contributed by atoms with van der Waals surface area (Å²) in [6, 6.07) is -1.04. The molecular weight excluding hydrogens is 952 g/mol. The molecule has 3 aliphatic rings. The van der Waals surface area contributed by atoms with Crippen molar-refractivity contribution in [3.05, 3.63) is 11.8 Å². The molecule has 8 atom stereocenters. The minimum Gasteiger partial charge on any atom is -0.351 e. The number of carbonyl (C=O) groups excluding carboxylic acids is 1. The third kappa shape index (κ3) is 15.9. The summed E-state index contributed by atoms with van der Waals surface area (Å²) in [5, 5.41) is 20.7. The van der Waals surface area contributed by atoms with Crippen molar-refractivity contribution >= 4 is 86.4 Å². The summed E-state index contributed by atoms with van der Waals surface area (Å²) in [6.07, 6.45) is 2.82. The molecular formula is C32H52Cl2N8O14S5. The first kappa shape index (κ1) is 51.7. The average molecular weight is 1000 g/mol. The van der Waals surface area contributed by atoms with Crippen molar-refractivity contribution in [3.8, 4) is 6.07 Å². The van der Waals surface area contributed by atoms with Crippen LogP contribution >= 0.6 is 23.2 Å². The van der Waals surface area contributed by atoms with Gasteiger partial charge in [-0.15, -0.1) is 28.3 Å². The van der Waals surface area contributed by atoms with E-state index in [1.807, 2.05) is 6.07 Å². The highest BCUT2D eigenvalue weighted by Crippen LogP contribution is 2.41. The quantitative estimate of drug-likeness (QED) is 0.0472. The van der Waals surface area contributed by atoms with Gasteiger partial charge in [-0.2, -0.15) is 49.1 Å². The van der Waals surface area contributed by atoms with Crippen LogP contribution in [0.15, 0.2) is 16.4 Å². The highest BCUT2D eigenvalue weighted by atomic mass is 35.5. The zero-order chi connectivity index (χ0) is 45.5. The van der Waals surface area contributed by atoms with Crippen molar-refractivity contribution < 1.29 is 60.9 Å². The second kappa shape index (κ2) is 21.8. The smallest absolute Gasteiger partial charge is 0.267 e. The number of nitrogens with one attached hydrogen (secondary N) is 2. The van der Waals surface area contributed by atoms with Gasteiger partial charge in [0.25, 0.3) is 40.5 Å². The first-order valence-electron chi connectivity index (χ1n) is 19.4. The predicted octanol–water partition coefficient (Wildman–Crippen LogP) is 2.14. The van der Waals surface area contributed by atoms with E-state index in [9.17, 15) is 57.0 Å². The van der Waals surface area contributed by atoms with Crippen molar-refractivity contribution in [2.75, 3.05) is 24.6 Å². The molecule has 1 aromatic rings. The molecule has 0 bridgehead atoms. The van der Waals surface area contributed by atoms with Gasteiger partial charge < -0.3 is 10.2 Å². The van der Waals surface area contributed by atoms with Crippen molar-refractivity contribution in [1.82, 2.24) is 24.7 Å². The fourth-order valence-corrected chi connectivity index (χ4v) is 14.1. The van der Waals surface area contributed by atoms with Gasteiger partial charge in [0.1, 0.15) is 11.6 Å². The molecule has 4 rings (SSSR count). The van der Waals surface area contributed by atoms with Gasteiger partial charge in [-0.1, -0.05) is 0 Å². The fraction of sp³-hybridized carbons (Fsp3) is 0.844. The van der Waals surface area contributed by atoms with Crippen LogP contribution in [0.3, 0.4) is 0 Å². The van der Waals surface area contributed by atoms with E-state index in [1.54, 1.807) is 0 Å². The second-order valence-corrected chi connectivity index (χ2v) is 24.9. The predicted molar refractivity (Wildman–Crippen MR) is 224 cm³/mol. The number of unbranched alkanes of at least 4 members (excludes halogenated alkanes) is 2.